The highest BCUT2D eigenvalue weighted by atomic mass is 16.5. The fraction of sp³-hybridized carbons (Fsp3) is 0.286. The minimum atomic E-state index is -1.32. The molecule has 1 unspecified atom stereocenters. The molecular formula is C49H49N7O7. The Morgan fingerprint density at radius 2 is 1.48 bits per heavy atom. The Hall–Kier alpha value is -7.35. The van der Waals surface area contributed by atoms with Crippen molar-refractivity contribution in [3.05, 3.63) is 138 Å². The van der Waals surface area contributed by atoms with Gasteiger partial charge in [0.2, 0.25) is 5.91 Å². The number of nitrogens with one attached hydrogen (secondary N) is 2. The predicted octanol–water partition coefficient (Wildman–Crippen LogP) is 7.02. The summed E-state index contributed by atoms with van der Waals surface area (Å²) in [5.74, 6) is -3.20. The van der Waals surface area contributed by atoms with Crippen LogP contribution in [0.3, 0.4) is 0 Å². The molecule has 0 saturated heterocycles. The largest absolute Gasteiger partial charge is 0.469 e. The van der Waals surface area contributed by atoms with Crippen LogP contribution in [0.4, 0.5) is 5.69 Å². The van der Waals surface area contributed by atoms with E-state index >= 15 is 0 Å². The van der Waals surface area contributed by atoms with E-state index in [-0.39, 0.29) is 48.5 Å². The molecule has 4 aromatic carbocycles. The average Bonchev–Trinajstić information content (AvgIpc) is 3.77. The molecule has 14 heteroatoms. The molecule has 1 fully saturated rings. The van der Waals surface area contributed by atoms with Crippen LogP contribution in [0.2, 0.25) is 0 Å². The number of anilines is 1. The van der Waals surface area contributed by atoms with E-state index < -0.39 is 29.7 Å². The number of benzene rings is 4. The smallest absolute Gasteiger partial charge is 0.306 e. The van der Waals surface area contributed by atoms with E-state index in [0.717, 1.165) is 43.9 Å². The summed E-state index contributed by atoms with van der Waals surface area (Å²) in [6.45, 7) is 0.897. The van der Waals surface area contributed by atoms with Crippen molar-refractivity contribution >= 4 is 46.4 Å². The van der Waals surface area contributed by atoms with Crippen molar-refractivity contribution in [3.63, 3.8) is 0 Å². The number of aromatic nitrogens is 3. The van der Waals surface area contributed by atoms with Crippen LogP contribution in [0, 0.1) is 5.41 Å². The first kappa shape index (κ1) is 42.3. The Morgan fingerprint density at radius 1 is 0.810 bits per heavy atom. The van der Waals surface area contributed by atoms with Crippen molar-refractivity contribution in [1.29, 1.82) is 5.41 Å². The highest BCUT2D eigenvalue weighted by Gasteiger charge is 2.43. The van der Waals surface area contributed by atoms with Crippen LogP contribution in [0.15, 0.2) is 116 Å². The normalized spacial score (nSPS) is 16.4. The third-order valence-corrected chi connectivity index (χ3v) is 12.0. The van der Waals surface area contributed by atoms with Gasteiger partial charge in [0.25, 0.3) is 11.8 Å². The van der Waals surface area contributed by atoms with Crippen LogP contribution in [-0.4, -0.2) is 74.5 Å². The van der Waals surface area contributed by atoms with Gasteiger partial charge in [0.15, 0.2) is 0 Å². The maximum atomic E-state index is 13.5. The zero-order valence-corrected chi connectivity index (χ0v) is 35.0. The lowest BCUT2D eigenvalue weighted by atomic mass is 9.92. The molecule has 0 radical (unpaired) electrons. The number of esters is 2. The molecule has 4 N–H and O–H groups in total. The summed E-state index contributed by atoms with van der Waals surface area (Å²) in [7, 11) is 1.20. The van der Waals surface area contributed by atoms with Gasteiger partial charge in [0.1, 0.15) is 23.3 Å². The van der Waals surface area contributed by atoms with Crippen molar-refractivity contribution in [2.75, 3.05) is 19.0 Å². The third kappa shape index (κ3) is 8.74. The van der Waals surface area contributed by atoms with Crippen LogP contribution < -0.4 is 16.5 Å². The molecule has 6 aromatic rings. The molecule has 1 atom stereocenters. The third-order valence-electron chi connectivity index (χ3n) is 12.0. The molecule has 63 heavy (non-hydrogen) atoms. The Balaban J connectivity index is 0.919. The number of methoxy groups -OCH3 is 1. The first-order valence-corrected chi connectivity index (χ1v) is 21.3. The van der Waals surface area contributed by atoms with Crippen molar-refractivity contribution < 1.29 is 33.4 Å². The number of primary amides is 1. The number of amides is 3. The molecule has 1 saturated carbocycles. The van der Waals surface area contributed by atoms with Gasteiger partial charge in [-0.3, -0.25) is 34.3 Å². The van der Waals surface area contributed by atoms with E-state index in [4.69, 9.17) is 15.5 Å². The number of rotatable bonds is 16. The second-order valence-electron chi connectivity index (χ2n) is 15.9. The predicted molar refractivity (Wildman–Crippen MR) is 236 cm³/mol. The Labute approximate surface area is 364 Å². The number of hydrogen-bond donors (Lipinski definition) is 3. The summed E-state index contributed by atoms with van der Waals surface area (Å²) in [5.41, 5.74) is 12.5. The highest BCUT2D eigenvalue weighted by Crippen LogP contribution is 2.40. The zero-order chi connectivity index (χ0) is 44.0. The molecule has 0 spiro atoms. The topological polar surface area (TPSA) is 192 Å². The molecule has 2 aliphatic rings. The minimum absolute atomic E-state index is 0.000887. The molecule has 2 aromatic heterocycles. The maximum absolute atomic E-state index is 13.5. The zero-order valence-electron chi connectivity index (χ0n) is 35.0. The Kier molecular flexibility index (Phi) is 12.6. The summed E-state index contributed by atoms with van der Waals surface area (Å²) in [4.78, 5) is 69.7. The molecule has 0 bridgehead atoms. The molecule has 322 valence electrons. The van der Waals surface area contributed by atoms with Gasteiger partial charge in [-0.15, -0.1) is 0 Å². The molecule has 8 rings (SSSR count). The van der Waals surface area contributed by atoms with Gasteiger partial charge in [-0.05, 0) is 67.3 Å². The lowest BCUT2D eigenvalue weighted by Gasteiger charge is -2.30. The SMILES string of the molecule is COC(=O)CCC(C(N)=O)N1C(=O)c2cccc(NCCCC(=O)OC3CCC(n4cnc5c(c(-c6ccccc6)c(-c6ccccc6)n5Cc5ccccc5)c4=N)CC3)c2C1=O. The summed E-state index contributed by atoms with van der Waals surface area (Å²) in [5, 5.41) is 13.7. The first-order valence-electron chi connectivity index (χ1n) is 21.3. The van der Waals surface area contributed by atoms with Crippen LogP contribution in [0.5, 0.6) is 0 Å². The molecule has 1 aliphatic carbocycles. The van der Waals surface area contributed by atoms with Crippen molar-refractivity contribution in [1.82, 2.24) is 19.0 Å². The molecule has 3 amide bonds. The van der Waals surface area contributed by atoms with Crippen LogP contribution in [0.1, 0.15) is 83.7 Å². The summed E-state index contributed by atoms with van der Waals surface area (Å²) in [6.07, 6.45) is 4.42. The maximum Gasteiger partial charge on any atom is 0.306 e. The number of carbonyl (C=O) groups excluding carboxylic acids is 5. The van der Waals surface area contributed by atoms with Gasteiger partial charge >= 0.3 is 11.9 Å². The quantitative estimate of drug-likeness (QED) is 0.0522. The standard InChI is InChI=1S/C49H49N7O7/c1-62-39(57)27-26-38(46(51)59)56-48(60)36-19-11-20-37(42(36)49(56)61)52-28-12-21-40(58)63-35-24-22-34(23-25-35)55-30-53-47-43(45(55)50)41(32-15-7-3-8-16-32)44(33-17-9-4-10-18-33)54(47)29-31-13-5-2-6-14-31/h2-11,13-20,30,34-35,38,50,52H,12,21-29H2,1H3,(H2,51,59). The molecule has 3 heterocycles. The van der Waals surface area contributed by atoms with Crippen LogP contribution in [-0.2, 0) is 30.4 Å². The van der Waals surface area contributed by atoms with Gasteiger partial charge < -0.3 is 29.7 Å². The number of fused-ring (bicyclic) bond motifs is 2. The number of hydrogen-bond acceptors (Lipinski definition) is 10. The van der Waals surface area contributed by atoms with E-state index in [2.05, 4.69) is 51.0 Å². The van der Waals surface area contributed by atoms with Gasteiger partial charge in [0.05, 0.1) is 35.6 Å². The average molecular weight is 848 g/mol. The monoisotopic (exact) mass is 847 g/mol. The highest BCUT2D eigenvalue weighted by molar-refractivity contribution is 6.25. The number of nitrogens with zero attached hydrogens (tertiary/aromatic N) is 4. The number of nitrogens with two attached hydrogens (primary N) is 1. The van der Waals surface area contributed by atoms with E-state index in [1.54, 1.807) is 18.5 Å². The number of ether oxygens (including phenoxy) is 2. The Morgan fingerprint density at radius 3 is 2.14 bits per heavy atom. The Bertz CT molecular complexity index is 2730. The minimum Gasteiger partial charge on any atom is -0.469 e. The summed E-state index contributed by atoms with van der Waals surface area (Å²) >= 11 is 0. The van der Waals surface area contributed by atoms with Crippen molar-refractivity contribution in [2.45, 2.75) is 76.1 Å². The summed E-state index contributed by atoms with van der Waals surface area (Å²) < 4.78 is 14.8. The lowest BCUT2D eigenvalue weighted by Crippen LogP contribution is -2.48. The number of carbonyl (C=O) groups is 5. The van der Waals surface area contributed by atoms with Gasteiger partial charge in [-0.1, -0.05) is 97.1 Å². The van der Waals surface area contributed by atoms with E-state index in [1.807, 2.05) is 59.2 Å². The summed E-state index contributed by atoms with van der Waals surface area (Å²) in [6, 6.07) is 34.2. The van der Waals surface area contributed by atoms with Gasteiger partial charge in [-0.25, -0.2) is 4.98 Å². The van der Waals surface area contributed by atoms with E-state index in [0.29, 0.717) is 56.4 Å². The van der Waals surface area contributed by atoms with E-state index in [9.17, 15) is 29.4 Å². The molecule has 1 aliphatic heterocycles. The van der Waals surface area contributed by atoms with Crippen LogP contribution >= 0.6 is 0 Å². The molecular weight excluding hydrogens is 799 g/mol. The van der Waals surface area contributed by atoms with Crippen molar-refractivity contribution in [2.24, 2.45) is 5.73 Å². The second kappa shape index (κ2) is 18.7. The molecule has 14 nitrogen and oxygen atoms in total. The second-order valence-corrected chi connectivity index (χ2v) is 15.9. The fourth-order valence-electron chi connectivity index (χ4n) is 8.88. The van der Waals surface area contributed by atoms with E-state index in [1.165, 1.54) is 13.2 Å². The number of imide groups is 1. The first-order chi connectivity index (χ1) is 30.6. The van der Waals surface area contributed by atoms with Gasteiger partial charge in [-0.2, -0.15) is 0 Å². The van der Waals surface area contributed by atoms with Crippen LogP contribution in [0.25, 0.3) is 33.4 Å². The fourth-order valence-corrected chi connectivity index (χ4v) is 8.88. The van der Waals surface area contributed by atoms with Gasteiger partial charge in [0, 0.05) is 43.2 Å². The van der Waals surface area contributed by atoms with Crippen molar-refractivity contribution in [3.8, 4) is 22.4 Å². The lowest BCUT2D eigenvalue weighted by molar-refractivity contribution is -0.151.